The first-order valence-corrected chi connectivity index (χ1v) is 5.29. The van der Waals surface area contributed by atoms with E-state index in [9.17, 15) is 4.79 Å². The zero-order chi connectivity index (χ0) is 9.84. The number of carbonyl (C=O) groups excluding carboxylic acids is 1. The van der Waals surface area contributed by atoms with E-state index in [2.05, 4.69) is 18.9 Å². The second-order valence-electron chi connectivity index (χ2n) is 4.53. The molecule has 0 spiro atoms. The lowest BCUT2D eigenvalue weighted by atomic mass is 9.87. The lowest BCUT2D eigenvalue weighted by Gasteiger charge is -2.32. The van der Waals surface area contributed by atoms with Crippen molar-refractivity contribution in [3.63, 3.8) is 0 Å². The predicted octanol–water partition coefficient (Wildman–Crippen LogP) is 2.09. The first kappa shape index (κ1) is 10.7. The van der Waals surface area contributed by atoms with Crippen molar-refractivity contribution in [2.45, 2.75) is 45.6 Å². The molecule has 0 aromatic carbocycles. The van der Waals surface area contributed by atoms with Gasteiger partial charge in [0.05, 0.1) is 6.54 Å². The zero-order valence-electron chi connectivity index (χ0n) is 9.05. The van der Waals surface area contributed by atoms with E-state index < -0.39 is 0 Å². The molecule has 1 saturated carbocycles. The fourth-order valence-corrected chi connectivity index (χ4v) is 2.16. The molecule has 0 unspecified atom stereocenters. The van der Waals surface area contributed by atoms with Crippen molar-refractivity contribution in [3.8, 4) is 0 Å². The van der Waals surface area contributed by atoms with E-state index in [4.69, 9.17) is 0 Å². The molecule has 0 bridgehead atoms. The van der Waals surface area contributed by atoms with Crippen LogP contribution in [-0.4, -0.2) is 30.3 Å². The largest absolute Gasteiger partial charge is 0.299 e. The molecule has 0 heterocycles. The van der Waals surface area contributed by atoms with Crippen LogP contribution >= 0.6 is 0 Å². The highest BCUT2D eigenvalue weighted by molar-refractivity contribution is 5.77. The Labute approximate surface area is 81.3 Å². The number of ketones is 1. The highest BCUT2D eigenvalue weighted by atomic mass is 16.1. The molecule has 0 saturated heterocycles. The number of likely N-dealkylation sites (N-methyl/N-ethyl adjacent to an activating group) is 1. The van der Waals surface area contributed by atoms with Gasteiger partial charge in [-0.05, 0) is 45.6 Å². The number of Topliss-reactive ketones (excluding diaryl/α,β-unsaturated/α-hetero) is 1. The molecule has 1 aliphatic carbocycles. The van der Waals surface area contributed by atoms with E-state index in [1.807, 2.05) is 0 Å². The minimum Gasteiger partial charge on any atom is -0.299 e. The summed E-state index contributed by atoms with van der Waals surface area (Å²) in [5, 5.41) is 0. The molecule has 0 aromatic heterocycles. The van der Waals surface area contributed by atoms with Crippen LogP contribution in [0.1, 0.15) is 39.5 Å². The summed E-state index contributed by atoms with van der Waals surface area (Å²) in [6.45, 7) is 4.61. The molecule has 0 N–H and O–H groups in total. The van der Waals surface area contributed by atoms with Crippen LogP contribution in [0.3, 0.4) is 0 Å². The predicted molar refractivity (Wildman–Crippen MR) is 54.7 cm³/mol. The maximum absolute atomic E-state index is 10.9. The Balaban J connectivity index is 2.31. The average molecular weight is 183 g/mol. The maximum Gasteiger partial charge on any atom is 0.143 e. The quantitative estimate of drug-likeness (QED) is 0.667. The maximum atomic E-state index is 10.9. The normalized spacial score (nSPS) is 29.2. The van der Waals surface area contributed by atoms with Gasteiger partial charge in [0.25, 0.3) is 0 Å². The monoisotopic (exact) mass is 183 g/mol. The summed E-state index contributed by atoms with van der Waals surface area (Å²) >= 11 is 0. The van der Waals surface area contributed by atoms with Crippen molar-refractivity contribution in [2.75, 3.05) is 13.6 Å². The van der Waals surface area contributed by atoms with Gasteiger partial charge < -0.3 is 0 Å². The molecule has 1 aliphatic rings. The van der Waals surface area contributed by atoms with Crippen LogP contribution in [0.15, 0.2) is 0 Å². The summed E-state index contributed by atoms with van der Waals surface area (Å²) < 4.78 is 0. The second kappa shape index (κ2) is 4.75. The number of hydrogen-bond donors (Lipinski definition) is 0. The molecule has 0 radical (unpaired) electrons. The molecule has 0 amide bonds. The summed E-state index contributed by atoms with van der Waals surface area (Å²) in [5.41, 5.74) is 0. The molecule has 76 valence electrons. The summed E-state index contributed by atoms with van der Waals surface area (Å²) in [6.07, 6.45) is 5.19. The third-order valence-corrected chi connectivity index (χ3v) is 3.08. The molecule has 2 nitrogen and oxygen atoms in total. The molecule has 0 aromatic rings. The van der Waals surface area contributed by atoms with E-state index in [0.29, 0.717) is 12.6 Å². The Morgan fingerprint density at radius 2 is 1.85 bits per heavy atom. The lowest BCUT2D eigenvalue weighted by molar-refractivity contribution is -0.118. The van der Waals surface area contributed by atoms with Crippen molar-refractivity contribution in [1.29, 1.82) is 0 Å². The van der Waals surface area contributed by atoms with Gasteiger partial charge in [0, 0.05) is 6.04 Å². The minimum atomic E-state index is 0.279. The van der Waals surface area contributed by atoms with Crippen LogP contribution in [0.2, 0.25) is 0 Å². The Morgan fingerprint density at radius 1 is 1.31 bits per heavy atom. The lowest BCUT2D eigenvalue weighted by Crippen LogP contribution is -2.37. The van der Waals surface area contributed by atoms with E-state index >= 15 is 0 Å². The van der Waals surface area contributed by atoms with Gasteiger partial charge in [-0.15, -0.1) is 0 Å². The van der Waals surface area contributed by atoms with Crippen molar-refractivity contribution in [3.05, 3.63) is 0 Å². The molecule has 0 aliphatic heterocycles. The topological polar surface area (TPSA) is 20.3 Å². The van der Waals surface area contributed by atoms with Crippen molar-refractivity contribution < 1.29 is 4.79 Å². The first-order chi connectivity index (χ1) is 6.09. The first-order valence-electron chi connectivity index (χ1n) is 5.29. The van der Waals surface area contributed by atoms with Gasteiger partial charge in [0.15, 0.2) is 0 Å². The Hall–Kier alpha value is -0.370. The van der Waals surface area contributed by atoms with E-state index in [-0.39, 0.29) is 5.78 Å². The van der Waals surface area contributed by atoms with Crippen LogP contribution in [0.25, 0.3) is 0 Å². The zero-order valence-corrected chi connectivity index (χ0v) is 9.05. The highest BCUT2D eigenvalue weighted by Crippen LogP contribution is 2.26. The molecule has 13 heavy (non-hydrogen) atoms. The summed E-state index contributed by atoms with van der Waals surface area (Å²) in [5.74, 6) is 1.17. The number of carbonyl (C=O) groups is 1. The summed E-state index contributed by atoms with van der Waals surface area (Å²) in [4.78, 5) is 13.1. The van der Waals surface area contributed by atoms with Gasteiger partial charge in [-0.3, -0.25) is 9.69 Å². The van der Waals surface area contributed by atoms with Crippen molar-refractivity contribution in [1.82, 2.24) is 4.90 Å². The third-order valence-electron chi connectivity index (χ3n) is 3.08. The Kier molecular flexibility index (Phi) is 3.91. The fourth-order valence-electron chi connectivity index (χ4n) is 2.16. The smallest absolute Gasteiger partial charge is 0.143 e. The second-order valence-corrected chi connectivity index (χ2v) is 4.53. The van der Waals surface area contributed by atoms with Crippen molar-refractivity contribution in [2.24, 2.45) is 5.92 Å². The minimum absolute atomic E-state index is 0.279. The number of nitrogens with zero attached hydrogens (tertiary/aromatic N) is 1. The van der Waals surface area contributed by atoms with Crippen LogP contribution in [-0.2, 0) is 4.79 Å². The van der Waals surface area contributed by atoms with Crippen molar-refractivity contribution >= 4 is 5.78 Å². The van der Waals surface area contributed by atoms with Crippen LogP contribution < -0.4 is 0 Å². The molecular formula is C11H21NO. The van der Waals surface area contributed by atoms with E-state index in [0.717, 1.165) is 5.92 Å². The molecule has 1 fully saturated rings. The van der Waals surface area contributed by atoms with Gasteiger partial charge in [-0.2, -0.15) is 0 Å². The SMILES string of the molecule is CC(=O)CN(C)C1CCC(C)CC1. The van der Waals surface area contributed by atoms with Crippen LogP contribution in [0.5, 0.6) is 0 Å². The van der Waals surface area contributed by atoms with Gasteiger partial charge in [-0.1, -0.05) is 6.92 Å². The molecule has 0 atom stereocenters. The highest BCUT2D eigenvalue weighted by Gasteiger charge is 2.21. The standard InChI is InChI=1S/C11H21NO/c1-9-4-6-11(7-5-9)12(3)8-10(2)13/h9,11H,4-8H2,1-3H3. The van der Waals surface area contributed by atoms with E-state index in [1.165, 1.54) is 25.7 Å². The number of rotatable bonds is 3. The van der Waals surface area contributed by atoms with Gasteiger partial charge in [0.2, 0.25) is 0 Å². The van der Waals surface area contributed by atoms with E-state index in [1.54, 1.807) is 6.92 Å². The summed E-state index contributed by atoms with van der Waals surface area (Å²) in [6, 6.07) is 0.653. The van der Waals surface area contributed by atoms with Gasteiger partial charge in [-0.25, -0.2) is 0 Å². The third kappa shape index (κ3) is 3.47. The van der Waals surface area contributed by atoms with Crippen LogP contribution in [0, 0.1) is 5.92 Å². The van der Waals surface area contributed by atoms with Gasteiger partial charge in [0.1, 0.15) is 5.78 Å². The molecule has 2 heteroatoms. The van der Waals surface area contributed by atoms with Crippen LogP contribution in [0.4, 0.5) is 0 Å². The van der Waals surface area contributed by atoms with Gasteiger partial charge >= 0.3 is 0 Å². The number of hydrogen-bond acceptors (Lipinski definition) is 2. The fraction of sp³-hybridized carbons (Fsp3) is 0.909. The summed E-state index contributed by atoms with van der Waals surface area (Å²) in [7, 11) is 2.07. The molecular weight excluding hydrogens is 162 g/mol. The Bertz CT molecular complexity index is 171. The average Bonchev–Trinajstić information content (AvgIpc) is 2.04. The molecule has 1 rings (SSSR count). The Morgan fingerprint density at radius 3 is 2.31 bits per heavy atom.